The van der Waals surface area contributed by atoms with Crippen molar-refractivity contribution >= 4 is 17.4 Å². The average molecular weight is 316 g/mol. The number of rotatable bonds is 5. The summed E-state index contributed by atoms with van der Waals surface area (Å²) in [5.41, 5.74) is 0.508. The van der Waals surface area contributed by atoms with E-state index in [1.54, 1.807) is 18.2 Å². The molecule has 1 fully saturated rings. The molecule has 2 heterocycles. The highest BCUT2D eigenvalue weighted by Crippen LogP contribution is 2.18. The number of benzene rings is 1. The van der Waals surface area contributed by atoms with E-state index in [1.807, 2.05) is 0 Å². The van der Waals surface area contributed by atoms with Gasteiger partial charge in [-0.05, 0) is 25.0 Å². The van der Waals surface area contributed by atoms with Gasteiger partial charge in [0.15, 0.2) is 0 Å². The van der Waals surface area contributed by atoms with Gasteiger partial charge in [0.25, 0.3) is 5.91 Å². The van der Waals surface area contributed by atoms with Crippen LogP contribution in [0.4, 0.5) is 15.9 Å². The molecule has 1 aromatic carbocycles. The number of hydrogen-bond donors (Lipinski definition) is 2. The molecule has 120 valence electrons. The number of aromatic nitrogens is 2. The van der Waals surface area contributed by atoms with Crippen LogP contribution in [0, 0.1) is 5.82 Å². The number of amides is 1. The maximum atomic E-state index is 13.6. The van der Waals surface area contributed by atoms with Crippen molar-refractivity contribution in [1.29, 1.82) is 0 Å². The van der Waals surface area contributed by atoms with Gasteiger partial charge in [-0.3, -0.25) is 4.79 Å². The Morgan fingerprint density at radius 2 is 2.22 bits per heavy atom. The van der Waals surface area contributed by atoms with E-state index in [2.05, 4.69) is 20.6 Å². The summed E-state index contributed by atoms with van der Waals surface area (Å²) >= 11 is 0. The molecule has 0 radical (unpaired) electrons. The Morgan fingerprint density at radius 3 is 3.00 bits per heavy atom. The van der Waals surface area contributed by atoms with Crippen LogP contribution >= 0.6 is 0 Å². The van der Waals surface area contributed by atoms with Gasteiger partial charge in [0.05, 0.1) is 11.8 Å². The van der Waals surface area contributed by atoms with E-state index < -0.39 is 5.82 Å². The van der Waals surface area contributed by atoms with Crippen molar-refractivity contribution in [3.05, 3.63) is 48.2 Å². The maximum Gasteiger partial charge on any atom is 0.270 e. The second-order valence-corrected chi connectivity index (χ2v) is 5.24. The summed E-state index contributed by atoms with van der Waals surface area (Å²) < 4.78 is 19.1. The fraction of sp³-hybridized carbons (Fsp3) is 0.312. The molecule has 0 spiro atoms. The van der Waals surface area contributed by atoms with Crippen LogP contribution in [0.1, 0.15) is 23.3 Å². The number of ether oxygens (including phenoxy) is 1. The van der Waals surface area contributed by atoms with Crippen LogP contribution in [0.15, 0.2) is 36.7 Å². The lowest BCUT2D eigenvalue weighted by molar-refractivity contribution is 0.0853. The lowest BCUT2D eigenvalue weighted by Gasteiger charge is -2.11. The third-order valence-electron chi connectivity index (χ3n) is 3.55. The minimum Gasteiger partial charge on any atom is -0.376 e. The molecule has 1 unspecified atom stereocenters. The SMILES string of the molecule is O=C(NCC1CCCO1)c1cc(Nc2ccccc2F)ncn1. The third-order valence-corrected chi connectivity index (χ3v) is 3.55. The number of nitrogens with one attached hydrogen (secondary N) is 2. The van der Waals surface area contributed by atoms with Crippen molar-refractivity contribution in [2.24, 2.45) is 0 Å². The molecule has 0 bridgehead atoms. The van der Waals surface area contributed by atoms with Gasteiger partial charge in [-0.1, -0.05) is 12.1 Å². The molecule has 1 aliphatic rings. The van der Waals surface area contributed by atoms with Crippen LogP contribution in [0.5, 0.6) is 0 Å². The Kier molecular flexibility index (Phi) is 4.77. The second-order valence-electron chi connectivity index (χ2n) is 5.24. The molecule has 3 rings (SSSR count). The van der Waals surface area contributed by atoms with E-state index >= 15 is 0 Å². The monoisotopic (exact) mass is 316 g/mol. The first-order valence-electron chi connectivity index (χ1n) is 7.46. The average Bonchev–Trinajstić information content (AvgIpc) is 3.08. The largest absolute Gasteiger partial charge is 0.376 e. The summed E-state index contributed by atoms with van der Waals surface area (Å²) in [6.07, 6.45) is 3.30. The van der Waals surface area contributed by atoms with E-state index in [-0.39, 0.29) is 23.4 Å². The normalized spacial score (nSPS) is 17.0. The fourth-order valence-corrected chi connectivity index (χ4v) is 2.35. The predicted molar refractivity (Wildman–Crippen MR) is 83.0 cm³/mol. The Hall–Kier alpha value is -2.54. The molecule has 2 N–H and O–H groups in total. The molecule has 1 atom stereocenters. The van der Waals surface area contributed by atoms with E-state index in [0.717, 1.165) is 19.4 Å². The predicted octanol–water partition coefficient (Wildman–Crippen LogP) is 2.27. The molecule has 1 aromatic heterocycles. The molecule has 0 aliphatic carbocycles. The molecular formula is C16H17FN4O2. The molecule has 1 aliphatic heterocycles. The molecule has 6 nitrogen and oxygen atoms in total. The molecular weight excluding hydrogens is 299 g/mol. The summed E-state index contributed by atoms with van der Waals surface area (Å²) in [6.45, 7) is 1.20. The number of carbonyl (C=O) groups excluding carboxylic acids is 1. The molecule has 1 saturated heterocycles. The van der Waals surface area contributed by atoms with Gasteiger partial charge >= 0.3 is 0 Å². The number of carbonyl (C=O) groups is 1. The standard InChI is InChI=1S/C16H17FN4O2/c17-12-5-1-2-6-13(12)21-15-8-14(19-10-20-15)16(22)18-9-11-4-3-7-23-11/h1-2,5-6,8,10-11H,3-4,7,9H2,(H,18,22)(H,19,20,21). The first kappa shape index (κ1) is 15.4. The molecule has 2 aromatic rings. The number of halogens is 1. The van der Waals surface area contributed by atoms with Gasteiger partial charge < -0.3 is 15.4 Å². The Balaban J connectivity index is 1.64. The first-order valence-corrected chi connectivity index (χ1v) is 7.46. The minimum atomic E-state index is -0.393. The second kappa shape index (κ2) is 7.15. The van der Waals surface area contributed by atoms with Crippen molar-refractivity contribution in [2.75, 3.05) is 18.5 Å². The third kappa shape index (κ3) is 4.01. The summed E-state index contributed by atoms with van der Waals surface area (Å²) in [7, 11) is 0. The lowest BCUT2D eigenvalue weighted by atomic mass is 10.2. The molecule has 23 heavy (non-hydrogen) atoms. The number of anilines is 2. The van der Waals surface area contributed by atoms with Gasteiger partial charge in [-0.2, -0.15) is 0 Å². The van der Waals surface area contributed by atoms with E-state index in [9.17, 15) is 9.18 Å². The van der Waals surface area contributed by atoms with Gasteiger partial charge in [0, 0.05) is 19.2 Å². The highest BCUT2D eigenvalue weighted by atomic mass is 19.1. The molecule has 0 saturated carbocycles. The zero-order valence-corrected chi connectivity index (χ0v) is 12.5. The van der Waals surface area contributed by atoms with E-state index in [4.69, 9.17) is 4.74 Å². The Morgan fingerprint density at radius 1 is 1.35 bits per heavy atom. The van der Waals surface area contributed by atoms with Crippen molar-refractivity contribution in [3.8, 4) is 0 Å². The quantitative estimate of drug-likeness (QED) is 0.885. The highest BCUT2D eigenvalue weighted by molar-refractivity contribution is 5.93. The van der Waals surface area contributed by atoms with Crippen molar-refractivity contribution in [1.82, 2.24) is 15.3 Å². The van der Waals surface area contributed by atoms with Crippen LogP contribution in [-0.2, 0) is 4.74 Å². The Labute approximate surface area is 133 Å². The van der Waals surface area contributed by atoms with E-state index in [0.29, 0.717) is 12.4 Å². The first-order chi connectivity index (χ1) is 11.2. The van der Waals surface area contributed by atoms with E-state index in [1.165, 1.54) is 18.5 Å². The van der Waals surface area contributed by atoms with Gasteiger partial charge in [0.1, 0.15) is 23.7 Å². The molecule has 7 heteroatoms. The highest BCUT2D eigenvalue weighted by Gasteiger charge is 2.17. The zero-order valence-electron chi connectivity index (χ0n) is 12.5. The fourth-order valence-electron chi connectivity index (χ4n) is 2.35. The van der Waals surface area contributed by atoms with Crippen molar-refractivity contribution in [3.63, 3.8) is 0 Å². The van der Waals surface area contributed by atoms with Gasteiger partial charge in [0.2, 0.25) is 0 Å². The smallest absolute Gasteiger partial charge is 0.270 e. The van der Waals surface area contributed by atoms with Gasteiger partial charge in [-0.15, -0.1) is 0 Å². The summed E-state index contributed by atoms with van der Waals surface area (Å²) in [5, 5.41) is 5.62. The van der Waals surface area contributed by atoms with Gasteiger partial charge in [-0.25, -0.2) is 14.4 Å². The Bertz CT molecular complexity index is 689. The lowest BCUT2D eigenvalue weighted by Crippen LogP contribution is -2.32. The molecule has 1 amide bonds. The van der Waals surface area contributed by atoms with Crippen LogP contribution < -0.4 is 10.6 Å². The maximum absolute atomic E-state index is 13.6. The zero-order chi connectivity index (χ0) is 16.1. The topological polar surface area (TPSA) is 76.1 Å². The van der Waals surface area contributed by atoms with Crippen molar-refractivity contribution < 1.29 is 13.9 Å². The van der Waals surface area contributed by atoms with Crippen LogP contribution in [0.25, 0.3) is 0 Å². The summed E-state index contributed by atoms with van der Waals surface area (Å²) in [4.78, 5) is 20.1. The van der Waals surface area contributed by atoms with Crippen molar-refractivity contribution in [2.45, 2.75) is 18.9 Å². The summed E-state index contributed by atoms with van der Waals surface area (Å²) in [6, 6.07) is 7.73. The number of nitrogens with zero attached hydrogens (tertiary/aromatic N) is 2. The van der Waals surface area contributed by atoms with Crippen LogP contribution in [0.3, 0.4) is 0 Å². The summed E-state index contributed by atoms with van der Waals surface area (Å²) in [5.74, 6) is -0.345. The van der Waals surface area contributed by atoms with Crippen LogP contribution in [0.2, 0.25) is 0 Å². The van der Waals surface area contributed by atoms with Crippen LogP contribution in [-0.4, -0.2) is 35.1 Å². The minimum absolute atomic E-state index is 0.0665. The number of hydrogen-bond acceptors (Lipinski definition) is 5. The number of para-hydroxylation sites is 1.